The van der Waals surface area contributed by atoms with Crippen LogP contribution in [0.1, 0.15) is 23.2 Å². The summed E-state index contributed by atoms with van der Waals surface area (Å²) in [4.78, 5) is 21.9. The first kappa shape index (κ1) is 16.7. The SMILES string of the molecule is CNc1ccc([N+](=O)[O-])cc1C(=O)NCCCC(F)(F)F. The predicted molar refractivity (Wildman–Crippen MR) is 70.3 cm³/mol. The van der Waals surface area contributed by atoms with Gasteiger partial charge in [-0.3, -0.25) is 14.9 Å². The fraction of sp³-hybridized carbons (Fsp3) is 0.417. The number of amides is 1. The Morgan fingerprint density at radius 3 is 2.57 bits per heavy atom. The van der Waals surface area contributed by atoms with Gasteiger partial charge in [-0.2, -0.15) is 13.2 Å². The quantitative estimate of drug-likeness (QED) is 0.481. The van der Waals surface area contributed by atoms with Crippen molar-refractivity contribution < 1.29 is 22.9 Å². The number of halogens is 3. The largest absolute Gasteiger partial charge is 0.389 e. The summed E-state index contributed by atoms with van der Waals surface area (Å²) in [6.45, 7) is -0.163. The molecule has 1 amide bonds. The van der Waals surface area contributed by atoms with Crippen LogP contribution >= 0.6 is 0 Å². The fourth-order valence-electron chi connectivity index (χ4n) is 1.64. The summed E-state index contributed by atoms with van der Waals surface area (Å²) in [6, 6.07) is 3.67. The highest BCUT2D eigenvalue weighted by atomic mass is 19.4. The van der Waals surface area contributed by atoms with Crippen molar-refractivity contribution in [3.63, 3.8) is 0 Å². The van der Waals surface area contributed by atoms with Crippen molar-refractivity contribution in [2.24, 2.45) is 0 Å². The molecule has 0 saturated carbocycles. The topological polar surface area (TPSA) is 84.3 Å². The van der Waals surface area contributed by atoms with Gasteiger partial charge >= 0.3 is 6.18 Å². The molecular weight excluding hydrogens is 291 g/mol. The van der Waals surface area contributed by atoms with Crippen LogP contribution in [0.2, 0.25) is 0 Å². The molecule has 0 heterocycles. The summed E-state index contributed by atoms with van der Waals surface area (Å²) in [5.74, 6) is -0.662. The number of non-ortho nitro benzene ring substituents is 1. The molecule has 1 aromatic carbocycles. The maximum Gasteiger partial charge on any atom is 0.389 e. The fourth-order valence-corrected chi connectivity index (χ4v) is 1.64. The summed E-state index contributed by atoms with van der Waals surface area (Å²) in [5, 5.41) is 15.7. The molecule has 0 saturated heterocycles. The third-order valence-corrected chi connectivity index (χ3v) is 2.65. The highest BCUT2D eigenvalue weighted by Crippen LogP contribution is 2.22. The van der Waals surface area contributed by atoms with Gasteiger partial charge in [0.2, 0.25) is 0 Å². The highest BCUT2D eigenvalue weighted by Gasteiger charge is 2.26. The molecule has 0 aliphatic carbocycles. The van der Waals surface area contributed by atoms with E-state index in [0.717, 1.165) is 6.07 Å². The summed E-state index contributed by atoms with van der Waals surface area (Å²) in [6.07, 6.45) is -5.52. The maximum absolute atomic E-state index is 12.0. The van der Waals surface area contributed by atoms with E-state index in [1.54, 1.807) is 0 Å². The zero-order valence-electron chi connectivity index (χ0n) is 11.2. The zero-order chi connectivity index (χ0) is 16.0. The van der Waals surface area contributed by atoms with Crippen LogP contribution in [0.15, 0.2) is 18.2 Å². The normalized spacial score (nSPS) is 11.0. The van der Waals surface area contributed by atoms with Crippen LogP contribution in [0.25, 0.3) is 0 Å². The molecule has 0 spiro atoms. The molecule has 0 atom stereocenters. The molecule has 1 aromatic rings. The molecule has 9 heteroatoms. The van der Waals surface area contributed by atoms with E-state index in [1.165, 1.54) is 19.2 Å². The van der Waals surface area contributed by atoms with Gasteiger partial charge in [0.25, 0.3) is 11.6 Å². The molecule has 0 fully saturated rings. The van der Waals surface area contributed by atoms with Crippen LogP contribution in [0.3, 0.4) is 0 Å². The second kappa shape index (κ2) is 6.91. The van der Waals surface area contributed by atoms with Crippen LogP contribution in [0, 0.1) is 10.1 Å². The smallest absolute Gasteiger partial charge is 0.387 e. The third kappa shape index (κ3) is 5.28. The van der Waals surface area contributed by atoms with Gasteiger partial charge < -0.3 is 10.6 Å². The van der Waals surface area contributed by atoms with Gasteiger partial charge in [-0.15, -0.1) is 0 Å². The van der Waals surface area contributed by atoms with E-state index in [1.807, 2.05) is 0 Å². The second-order valence-corrected chi connectivity index (χ2v) is 4.21. The lowest BCUT2D eigenvalue weighted by atomic mass is 10.1. The number of carbonyl (C=O) groups is 1. The summed E-state index contributed by atoms with van der Waals surface area (Å²) < 4.78 is 35.9. The highest BCUT2D eigenvalue weighted by molar-refractivity contribution is 6.00. The van der Waals surface area contributed by atoms with Crippen LogP contribution in [-0.4, -0.2) is 30.6 Å². The van der Waals surface area contributed by atoms with Gasteiger partial charge in [-0.1, -0.05) is 0 Å². The minimum atomic E-state index is -4.27. The molecule has 6 nitrogen and oxygen atoms in total. The molecule has 2 N–H and O–H groups in total. The van der Waals surface area contributed by atoms with Gasteiger partial charge in [0.1, 0.15) is 0 Å². The Hall–Kier alpha value is -2.32. The van der Waals surface area contributed by atoms with E-state index in [-0.39, 0.29) is 24.2 Å². The van der Waals surface area contributed by atoms with Gasteiger partial charge in [0.05, 0.1) is 10.5 Å². The summed E-state index contributed by atoms with van der Waals surface area (Å²) in [5.41, 5.74) is 0.0991. The Balaban J connectivity index is 2.72. The van der Waals surface area contributed by atoms with Crippen molar-refractivity contribution in [2.45, 2.75) is 19.0 Å². The first-order valence-electron chi connectivity index (χ1n) is 6.05. The Bertz CT molecular complexity index is 532. The Morgan fingerprint density at radius 1 is 1.38 bits per heavy atom. The number of anilines is 1. The van der Waals surface area contributed by atoms with Gasteiger partial charge in [0.15, 0.2) is 0 Å². The lowest BCUT2D eigenvalue weighted by Gasteiger charge is -2.10. The predicted octanol–water partition coefficient (Wildman–Crippen LogP) is 2.71. The lowest BCUT2D eigenvalue weighted by Crippen LogP contribution is -2.26. The third-order valence-electron chi connectivity index (χ3n) is 2.65. The number of benzene rings is 1. The number of rotatable bonds is 6. The zero-order valence-corrected chi connectivity index (χ0v) is 11.2. The van der Waals surface area contributed by atoms with Crippen molar-refractivity contribution in [1.29, 1.82) is 0 Å². The molecule has 1 rings (SSSR count). The lowest BCUT2D eigenvalue weighted by molar-refractivity contribution is -0.384. The van der Waals surface area contributed by atoms with Crippen molar-refractivity contribution in [1.82, 2.24) is 5.32 Å². The molecule has 21 heavy (non-hydrogen) atoms. The van der Waals surface area contributed by atoms with Crippen LogP contribution in [0.5, 0.6) is 0 Å². The van der Waals surface area contributed by atoms with Gasteiger partial charge in [-0.05, 0) is 12.5 Å². The molecule has 0 bridgehead atoms. The van der Waals surface area contributed by atoms with Crippen molar-refractivity contribution in [3.05, 3.63) is 33.9 Å². The van der Waals surface area contributed by atoms with E-state index in [4.69, 9.17) is 0 Å². The van der Waals surface area contributed by atoms with Gasteiger partial charge in [0, 0.05) is 37.8 Å². The molecule has 0 aliphatic heterocycles. The Morgan fingerprint density at radius 2 is 2.05 bits per heavy atom. The Labute approximate surface area is 118 Å². The molecule has 116 valence electrons. The van der Waals surface area contributed by atoms with Crippen molar-refractivity contribution in [3.8, 4) is 0 Å². The molecule has 0 unspecified atom stereocenters. The molecule has 0 aromatic heterocycles. The monoisotopic (exact) mass is 305 g/mol. The molecular formula is C12H14F3N3O3. The van der Waals surface area contributed by atoms with E-state index < -0.39 is 23.4 Å². The van der Waals surface area contributed by atoms with E-state index in [9.17, 15) is 28.1 Å². The van der Waals surface area contributed by atoms with E-state index in [0.29, 0.717) is 5.69 Å². The van der Waals surface area contributed by atoms with E-state index in [2.05, 4.69) is 10.6 Å². The Kier molecular flexibility index (Phi) is 5.51. The number of hydrogen-bond donors (Lipinski definition) is 2. The van der Waals surface area contributed by atoms with Crippen LogP contribution in [-0.2, 0) is 0 Å². The maximum atomic E-state index is 12.0. The summed E-state index contributed by atoms with van der Waals surface area (Å²) >= 11 is 0. The average Bonchev–Trinajstić information content (AvgIpc) is 2.41. The van der Waals surface area contributed by atoms with Crippen molar-refractivity contribution >= 4 is 17.3 Å². The van der Waals surface area contributed by atoms with Crippen LogP contribution in [0.4, 0.5) is 24.5 Å². The number of carbonyl (C=O) groups excluding carboxylic acids is 1. The number of alkyl halides is 3. The van der Waals surface area contributed by atoms with Crippen LogP contribution < -0.4 is 10.6 Å². The minimum absolute atomic E-state index is 0.0127. The number of nitro benzene ring substituents is 1. The first-order valence-corrected chi connectivity index (χ1v) is 6.05. The molecule has 0 aliphatic rings. The molecule has 0 radical (unpaired) electrons. The number of nitrogens with one attached hydrogen (secondary N) is 2. The number of nitro groups is 1. The van der Waals surface area contributed by atoms with Crippen molar-refractivity contribution in [2.75, 3.05) is 18.9 Å². The number of nitrogens with zero attached hydrogens (tertiary/aromatic N) is 1. The second-order valence-electron chi connectivity index (χ2n) is 4.21. The van der Waals surface area contributed by atoms with Gasteiger partial charge in [-0.25, -0.2) is 0 Å². The van der Waals surface area contributed by atoms with E-state index >= 15 is 0 Å². The average molecular weight is 305 g/mol. The first-order chi connectivity index (χ1) is 9.74. The minimum Gasteiger partial charge on any atom is -0.387 e. The number of hydrogen-bond acceptors (Lipinski definition) is 4. The summed E-state index contributed by atoms with van der Waals surface area (Å²) in [7, 11) is 1.53. The standard InChI is InChI=1S/C12H14F3N3O3/c1-16-10-4-3-8(18(20)21)7-9(10)11(19)17-6-2-5-12(13,14)15/h3-4,7,16H,2,5-6H2,1H3,(H,17,19).